The number of amides is 3. The maximum absolute atomic E-state index is 13.2. The van der Waals surface area contributed by atoms with Gasteiger partial charge in [0.15, 0.2) is 5.82 Å². The lowest BCUT2D eigenvalue weighted by Crippen LogP contribution is -2.56. The number of nitrogens with one attached hydrogen (secondary N) is 1. The van der Waals surface area contributed by atoms with E-state index in [1.807, 2.05) is 6.07 Å². The molecule has 0 bridgehead atoms. The monoisotopic (exact) mass is 493 g/mol. The van der Waals surface area contributed by atoms with Crippen molar-refractivity contribution < 1.29 is 29.0 Å². The summed E-state index contributed by atoms with van der Waals surface area (Å²) >= 11 is 0. The molecule has 11 heteroatoms. The summed E-state index contributed by atoms with van der Waals surface area (Å²) in [5.74, 6) is 0.423. The average Bonchev–Trinajstić information content (AvgIpc) is 2.90. The maximum atomic E-state index is 13.2. The van der Waals surface area contributed by atoms with Gasteiger partial charge in [0, 0.05) is 44.2 Å². The highest BCUT2D eigenvalue weighted by Gasteiger charge is 2.31. The number of carboxylic acid groups (broad SMARTS) is 1. The summed E-state index contributed by atoms with van der Waals surface area (Å²) in [6.45, 7) is 2.94. The van der Waals surface area contributed by atoms with E-state index >= 15 is 0 Å². The highest BCUT2D eigenvalue weighted by molar-refractivity contribution is 5.96. The Balaban J connectivity index is 1.76. The number of terminal acetylenes is 1. The maximum Gasteiger partial charge on any atom is 0.409 e. The molecule has 2 heterocycles. The molecule has 36 heavy (non-hydrogen) atoms. The number of piperazine rings is 1. The summed E-state index contributed by atoms with van der Waals surface area (Å²) in [5.41, 5.74) is 0.802. The van der Waals surface area contributed by atoms with Crippen molar-refractivity contribution in [3.8, 4) is 23.7 Å². The molecule has 2 aromatic rings. The highest BCUT2D eigenvalue weighted by Crippen LogP contribution is 2.16. The number of rotatable bonds is 8. The normalized spacial score (nSPS) is 13.9. The summed E-state index contributed by atoms with van der Waals surface area (Å²) in [6.07, 6.45) is 4.61. The van der Waals surface area contributed by atoms with Gasteiger partial charge in [-0.2, -0.15) is 0 Å². The molecule has 1 saturated heterocycles. The molecule has 3 amide bonds. The van der Waals surface area contributed by atoms with Crippen molar-refractivity contribution in [3.63, 3.8) is 0 Å². The number of nitrogens with zero attached hydrogens (tertiary/aromatic N) is 4. The van der Waals surface area contributed by atoms with E-state index in [-0.39, 0.29) is 62.8 Å². The van der Waals surface area contributed by atoms with Crippen molar-refractivity contribution in [2.75, 3.05) is 32.8 Å². The molecule has 188 valence electrons. The van der Waals surface area contributed by atoms with E-state index < -0.39 is 29.9 Å². The van der Waals surface area contributed by atoms with Gasteiger partial charge in [-0.15, -0.1) is 6.42 Å². The lowest BCUT2D eigenvalue weighted by atomic mass is 10.1. The van der Waals surface area contributed by atoms with E-state index in [9.17, 15) is 19.2 Å². The lowest BCUT2D eigenvalue weighted by Gasteiger charge is -2.35. The van der Waals surface area contributed by atoms with Crippen LogP contribution < -0.4 is 5.32 Å². The van der Waals surface area contributed by atoms with Crippen LogP contribution in [-0.4, -0.2) is 87.6 Å². The zero-order chi connectivity index (χ0) is 26.1. The summed E-state index contributed by atoms with van der Waals surface area (Å²) in [4.78, 5) is 61.0. The van der Waals surface area contributed by atoms with Crippen LogP contribution in [0.5, 0.6) is 0 Å². The quantitative estimate of drug-likeness (QED) is 0.526. The zero-order valence-electron chi connectivity index (χ0n) is 19.8. The first-order chi connectivity index (χ1) is 17.3. The molecule has 1 fully saturated rings. The van der Waals surface area contributed by atoms with E-state index in [0.29, 0.717) is 5.56 Å². The third-order valence-corrected chi connectivity index (χ3v) is 5.51. The summed E-state index contributed by atoms with van der Waals surface area (Å²) < 4.78 is 4.99. The van der Waals surface area contributed by atoms with Gasteiger partial charge in [0.05, 0.1) is 6.61 Å². The Morgan fingerprint density at radius 3 is 2.39 bits per heavy atom. The van der Waals surface area contributed by atoms with E-state index in [2.05, 4.69) is 21.2 Å². The second-order valence-corrected chi connectivity index (χ2v) is 7.94. The minimum Gasteiger partial charge on any atom is -0.481 e. The van der Waals surface area contributed by atoms with Crippen LogP contribution in [-0.2, 0) is 14.3 Å². The van der Waals surface area contributed by atoms with Gasteiger partial charge in [0.25, 0.3) is 5.91 Å². The molecule has 1 aliphatic rings. The molecular weight excluding hydrogens is 466 g/mol. The van der Waals surface area contributed by atoms with Gasteiger partial charge in [-0.3, -0.25) is 14.4 Å². The third kappa shape index (κ3) is 6.79. The number of aliphatic carboxylic acids is 1. The molecule has 1 unspecified atom stereocenters. The Labute approximate surface area is 208 Å². The summed E-state index contributed by atoms with van der Waals surface area (Å²) in [5, 5.41) is 11.8. The van der Waals surface area contributed by atoms with Gasteiger partial charge in [-0.1, -0.05) is 36.3 Å². The first kappa shape index (κ1) is 26.2. The topological polar surface area (TPSA) is 142 Å². The number of benzene rings is 1. The Morgan fingerprint density at radius 1 is 1.11 bits per heavy atom. The number of hydrogen-bond donors (Lipinski definition) is 2. The number of carbonyl (C=O) groups excluding carboxylic acids is 3. The van der Waals surface area contributed by atoms with Crippen molar-refractivity contribution in [1.29, 1.82) is 0 Å². The van der Waals surface area contributed by atoms with Crippen LogP contribution in [0.4, 0.5) is 4.79 Å². The van der Waals surface area contributed by atoms with Gasteiger partial charge in [0.2, 0.25) is 5.91 Å². The van der Waals surface area contributed by atoms with E-state index in [1.54, 1.807) is 31.2 Å². The van der Waals surface area contributed by atoms with Crippen molar-refractivity contribution in [1.82, 2.24) is 25.1 Å². The molecule has 1 atom stereocenters. The number of hydrogen-bond acceptors (Lipinski definition) is 7. The van der Waals surface area contributed by atoms with Crippen LogP contribution >= 0.6 is 0 Å². The third-order valence-electron chi connectivity index (χ3n) is 5.51. The fourth-order valence-corrected chi connectivity index (χ4v) is 3.66. The predicted octanol–water partition coefficient (Wildman–Crippen LogP) is 1.39. The van der Waals surface area contributed by atoms with Gasteiger partial charge < -0.3 is 25.0 Å². The summed E-state index contributed by atoms with van der Waals surface area (Å²) in [6, 6.07) is 9.18. The molecule has 3 rings (SSSR count). The van der Waals surface area contributed by atoms with E-state index in [1.165, 1.54) is 15.9 Å². The van der Waals surface area contributed by atoms with Gasteiger partial charge in [-0.25, -0.2) is 14.8 Å². The standard InChI is InChI=1S/C25H27N5O6/c1-3-18-16-20(27-22(26-18)17-8-6-5-7-9-17)23(33)28-19(10-11-21(31)32)24(34)29-12-14-30(15-13-29)25(35)36-4-2/h1,5-9,16,19H,4,10-15H2,2H3,(H,28,33)(H,31,32). The van der Waals surface area contributed by atoms with Crippen LogP contribution in [0.3, 0.4) is 0 Å². The number of aromatic nitrogens is 2. The zero-order valence-corrected chi connectivity index (χ0v) is 19.8. The number of carbonyl (C=O) groups is 4. The SMILES string of the molecule is C#Cc1cc(C(=O)NC(CCC(=O)O)C(=O)N2CCN(C(=O)OCC)CC2)nc(-c2ccccc2)n1. The molecule has 0 spiro atoms. The van der Waals surface area contributed by atoms with Gasteiger partial charge in [-0.05, 0) is 13.3 Å². The van der Waals surface area contributed by atoms with Crippen molar-refractivity contribution in [2.45, 2.75) is 25.8 Å². The predicted molar refractivity (Wildman–Crippen MR) is 129 cm³/mol. The van der Waals surface area contributed by atoms with E-state index in [4.69, 9.17) is 16.3 Å². The molecule has 0 saturated carbocycles. The largest absolute Gasteiger partial charge is 0.481 e. The highest BCUT2D eigenvalue weighted by atomic mass is 16.6. The second kappa shape index (κ2) is 12.3. The van der Waals surface area contributed by atoms with Crippen LogP contribution in [0, 0.1) is 12.3 Å². The number of ether oxygens (including phenoxy) is 1. The fourth-order valence-electron chi connectivity index (χ4n) is 3.66. The lowest BCUT2D eigenvalue weighted by molar-refractivity contribution is -0.138. The second-order valence-electron chi connectivity index (χ2n) is 7.94. The van der Waals surface area contributed by atoms with Crippen LogP contribution in [0.15, 0.2) is 36.4 Å². The van der Waals surface area contributed by atoms with Gasteiger partial charge in [0.1, 0.15) is 17.4 Å². The van der Waals surface area contributed by atoms with E-state index in [0.717, 1.165) is 0 Å². The first-order valence-corrected chi connectivity index (χ1v) is 11.5. The number of carboxylic acids is 1. The molecule has 1 aliphatic heterocycles. The van der Waals surface area contributed by atoms with Crippen LogP contribution in [0.2, 0.25) is 0 Å². The molecule has 1 aromatic heterocycles. The van der Waals surface area contributed by atoms with Crippen molar-refractivity contribution in [3.05, 3.63) is 47.8 Å². The minimum atomic E-state index is -1.10. The van der Waals surface area contributed by atoms with Crippen molar-refractivity contribution in [2.24, 2.45) is 0 Å². The molecule has 0 radical (unpaired) electrons. The van der Waals surface area contributed by atoms with Crippen molar-refractivity contribution >= 4 is 23.9 Å². The Bertz CT molecular complexity index is 1160. The smallest absolute Gasteiger partial charge is 0.409 e. The molecule has 2 N–H and O–H groups in total. The average molecular weight is 494 g/mol. The molecule has 0 aliphatic carbocycles. The first-order valence-electron chi connectivity index (χ1n) is 11.5. The Kier molecular flexibility index (Phi) is 8.94. The summed E-state index contributed by atoms with van der Waals surface area (Å²) in [7, 11) is 0. The van der Waals surface area contributed by atoms with Crippen LogP contribution in [0.25, 0.3) is 11.4 Å². The minimum absolute atomic E-state index is 0.0444. The molecule has 11 nitrogen and oxygen atoms in total. The van der Waals surface area contributed by atoms with Gasteiger partial charge >= 0.3 is 12.1 Å². The Hall–Kier alpha value is -4.46. The molecular formula is C25H27N5O6. The Morgan fingerprint density at radius 2 is 1.78 bits per heavy atom. The fraction of sp³-hybridized carbons (Fsp3) is 0.360. The molecule has 1 aromatic carbocycles. The van der Waals surface area contributed by atoms with Crippen LogP contribution in [0.1, 0.15) is 35.9 Å².